The highest BCUT2D eigenvalue weighted by Gasteiger charge is 2.26. The molecule has 1 aromatic carbocycles. The minimum absolute atomic E-state index is 0.0428. The molecule has 2 aromatic heterocycles. The van der Waals surface area contributed by atoms with Crippen molar-refractivity contribution >= 4 is 17.1 Å². The second-order valence-electron chi connectivity index (χ2n) is 6.76. The first kappa shape index (κ1) is 16.8. The standard InChI is InChI=1S/C19H23N5O2/c20-19-22-17-16(18(23-19)26-11-13-7-3-1-4-8-13)21-12-24(17)14-9-5-2-6-10-15(14)25/h1,3-4,7-8,12,14-15,25H,2,5-6,9-11H2,(H2,20,22,23)/t14-,15-/m1/s1. The quantitative estimate of drug-likeness (QED) is 0.700. The zero-order valence-corrected chi connectivity index (χ0v) is 14.6. The van der Waals surface area contributed by atoms with Crippen LogP contribution in [0, 0.1) is 0 Å². The van der Waals surface area contributed by atoms with Crippen LogP contribution in [0.5, 0.6) is 5.88 Å². The molecule has 7 heteroatoms. The Bertz CT molecular complexity index is 880. The second-order valence-corrected chi connectivity index (χ2v) is 6.76. The Morgan fingerprint density at radius 2 is 1.92 bits per heavy atom. The van der Waals surface area contributed by atoms with Crippen LogP contribution in [0.1, 0.15) is 43.7 Å². The van der Waals surface area contributed by atoms with Crippen molar-refractivity contribution in [2.45, 2.75) is 50.9 Å². The molecule has 0 amide bonds. The Kier molecular flexibility index (Phi) is 4.71. The number of ether oxygens (including phenoxy) is 1. The van der Waals surface area contributed by atoms with Gasteiger partial charge in [0.15, 0.2) is 11.2 Å². The molecule has 1 saturated carbocycles. The van der Waals surface area contributed by atoms with Crippen LogP contribution >= 0.6 is 0 Å². The SMILES string of the molecule is Nc1nc(OCc2ccccc2)c2ncn([C@@H]3CCCCC[C@H]3O)c2n1. The first-order chi connectivity index (χ1) is 12.7. The highest BCUT2D eigenvalue weighted by molar-refractivity contribution is 5.77. The normalized spacial score (nSPS) is 20.8. The van der Waals surface area contributed by atoms with E-state index in [1.165, 1.54) is 0 Å². The molecule has 1 aliphatic rings. The van der Waals surface area contributed by atoms with E-state index >= 15 is 0 Å². The average molecular weight is 353 g/mol. The summed E-state index contributed by atoms with van der Waals surface area (Å²) in [6, 6.07) is 9.82. The van der Waals surface area contributed by atoms with Gasteiger partial charge in [-0.3, -0.25) is 0 Å². The van der Waals surface area contributed by atoms with Gasteiger partial charge in [-0.25, -0.2) is 4.98 Å². The molecule has 0 radical (unpaired) electrons. The summed E-state index contributed by atoms with van der Waals surface area (Å²) in [4.78, 5) is 13.0. The third-order valence-electron chi connectivity index (χ3n) is 4.93. The van der Waals surface area contributed by atoms with E-state index < -0.39 is 6.10 Å². The maximum Gasteiger partial charge on any atom is 0.247 e. The number of anilines is 1. The Morgan fingerprint density at radius 1 is 1.12 bits per heavy atom. The summed E-state index contributed by atoms with van der Waals surface area (Å²) < 4.78 is 7.80. The minimum atomic E-state index is -0.403. The third-order valence-corrected chi connectivity index (χ3v) is 4.93. The average Bonchev–Trinajstić information content (AvgIpc) is 2.95. The predicted molar refractivity (Wildman–Crippen MR) is 98.6 cm³/mol. The maximum atomic E-state index is 10.5. The highest BCUT2D eigenvalue weighted by atomic mass is 16.5. The topological polar surface area (TPSA) is 99.1 Å². The molecule has 0 spiro atoms. The number of hydrogen-bond acceptors (Lipinski definition) is 6. The van der Waals surface area contributed by atoms with Crippen LogP contribution in [0.3, 0.4) is 0 Å². The smallest absolute Gasteiger partial charge is 0.247 e. The number of aromatic nitrogens is 4. The van der Waals surface area contributed by atoms with E-state index in [1.807, 2.05) is 34.9 Å². The van der Waals surface area contributed by atoms with Gasteiger partial charge in [-0.1, -0.05) is 49.6 Å². The van der Waals surface area contributed by atoms with E-state index in [9.17, 15) is 5.11 Å². The van der Waals surface area contributed by atoms with Crippen LogP contribution in [0.2, 0.25) is 0 Å². The van der Waals surface area contributed by atoms with Crippen molar-refractivity contribution in [3.8, 4) is 5.88 Å². The van der Waals surface area contributed by atoms with Crippen molar-refractivity contribution in [3.05, 3.63) is 42.2 Å². The van der Waals surface area contributed by atoms with E-state index in [1.54, 1.807) is 6.33 Å². The number of hydrogen-bond donors (Lipinski definition) is 2. The molecule has 0 aliphatic heterocycles. The molecule has 0 unspecified atom stereocenters. The first-order valence-electron chi connectivity index (χ1n) is 9.07. The van der Waals surface area contributed by atoms with Crippen molar-refractivity contribution in [1.29, 1.82) is 0 Å². The lowest BCUT2D eigenvalue weighted by atomic mass is 10.1. The summed E-state index contributed by atoms with van der Waals surface area (Å²) >= 11 is 0. The van der Waals surface area contributed by atoms with Crippen LogP contribution in [-0.4, -0.2) is 30.7 Å². The summed E-state index contributed by atoms with van der Waals surface area (Å²) in [5.41, 5.74) is 8.14. The van der Waals surface area contributed by atoms with Crippen molar-refractivity contribution in [2.24, 2.45) is 0 Å². The van der Waals surface area contributed by atoms with Gasteiger partial charge in [-0.05, 0) is 18.4 Å². The van der Waals surface area contributed by atoms with Crippen LogP contribution in [0.15, 0.2) is 36.7 Å². The number of nitrogens with two attached hydrogens (primary N) is 1. The number of fused-ring (bicyclic) bond motifs is 1. The molecule has 3 aromatic rings. The fourth-order valence-electron chi connectivity index (χ4n) is 3.57. The van der Waals surface area contributed by atoms with Crippen molar-refractivity contribution in [2.75, 3.05) is 5.73 Å². The molecular weight excluding hydrogens is 330 g/mol. The monoisotopic (exact) mass is 353 g/mol. The minimum Gasteiger partial charge on any atom is -0.471 e. The van der Waals surface area contributed by atoms with Gasteiger partial charge in [0.25, 0.3) is 0 Å². The van der Waals surface area contributed by atoms with Gasteiger partial charge < -0.3 is 20.1 Å². The van der Waals surface area contributed by atoms with Crippen LogP contribution in [-0.2, 0) is 6.61 Å². The van der Waals surface area contributed by atoms with Crippen molar-refractivity contribution < 1.29 is 9.84 Å². The number of aliphatic hydroxyl groups is 1. The molecule has 7 nitrogen and oxygen atoms in total. The van der Waals surface area contributed by atoms with E-state index in [-0.39, 0.29) is 12.0 Å². The lowest BCUT2D eigenvalue weighted by Crippen LogP contribution is -2.22. The van der Waals surface area contributed by atoms with Gasteiger partial charge in [0.05, 0.1) is 18.5 Å². The van der Waals surface area contributed by atoms with Gasteiger partial charge in [-0.15, -0.1) is 0 Å². The number of rotatable bonds is 4. The molecule has 0 bridgehead atoms. The van der Waals surface area contributed by atoms with Crippen LogP contribution in [0.25, 0.3) is 11.2 Å². The fourth-order valence-corrected chi connectivity index (χ4v) is 3.57. The zero-order valence-electron chi connectivity index (χ0n) is 14.6. The zero-order chi connectivity index (χ0) is 17.9. The van der Waals surface area contributed by atoms with Gasteiger partial charge in [-0.2, -0.15) is 9.97 Å². The van der Waals surface area contributed by atoms with E-state index in [0.29, 0.717) is 23.7 Å². The summed E-state index contributed by atoms with van der Waals surface area (Å²) in [5.74, 6) is 0.517. The lowest BCUT2D eigenvalue weighted by Gasteiger charge is -2.22. The molecule has 136 valence electrons. The second kappa shape index (κ2) is 7.29. The fraction of sp³-hybridized carbons (Fsp3) is 0.421. The number of imidazole rings is 1. The highest BCUT2D eigenvalue weighted by Crippen LogP contribution is 2.32. The summed E-state index contributed by atoms with van der Waals surface area (Å²) in [7, 11) is 0. The molecule has 2 atom stereocenters. The van der Waals surface area contributed by atoms with Crippen LogP contribution in [0.4, 0.5) is 5.95 Å². The molecule has 4 rings (SSSR count). The number of benzene rings is 1. The lowest BCUT2D eigenvalue weighted by molar-refractivity contribution is 0.107. The van der Waals surface area contributed by atoms with Gasteiger partial charge in [0, 0.05) is 0 Å². The summed E-state index contributed by atoms with van der Waals surface area (Å²) in [5, 5.41) is 10.5. The molecule has 1 fully saturated rings. The molecule has 1 aliphatic carbocycles. The van der Waals surface area contributed by atoms with E-state index in [0.717, 1.165) is 37.7 Å². The first-order valence-corrected chi connectivity index (χ1v) is 9.07. The number of nitrogens with zero attached hydrogens (tertiary/aromatic N) is 4. The molecular formula is C19H23N5O2. The largest absolute Gasteiger partial charge is 0.471 e. The van der Waals surface area contributed by atoms with Gasteiger partial charge in [0.1, 0.15) is 6.61 Å². The number of nitrogen functional groups attached to an aromatic ring is 1. The molecule has 3 N–H and O–H groups in total. The summed E-state index contributed by atoms with van der Waals surface area (Å²) in [6.07, 6.45) is 6.28. The molecule has 26 heavy (non-hydrogen) atoms. The Balaban J connectivity index is 1.66. The van der Waals surface area contributed by atoms with Crippen molar-refractivity contribution in [1.82, 2.24) is 19.5 Å². The van der Waals surface area contributed by atoms with E-state index in [2.05, 4.69) is 15.0 Å². The number of aliphatic hydroxyl groups excluding tert-OH is 1. The van der Waals surface area contributed by atoms with Gasteiger partial charge in [0.2, 0.25) is 11.8 Å². The maximum absolute atomic E-state index is 10.5. The van der Waals surface area contributed by atoms with Crippen molar-refractivity contribution in [3.63, 3.8) is 0 Å². The van der Waals surface area contributed by atoms with Gasteiger partial charge >= 0.3 is 0 Å². The Morgan fingerprint density at radius 3 is 2.77 bits per heavy atom. The summed E-state index contributed by atoms with van der Waals surface area (Å²) in [6.45, 7) is 0.380. The van der Waals surface area contributed by atoms with Crippen LogP contribution < -0.4 is 10.5 Å². The Labute approximate surface area is 151 Å². The third kappa shape index (κ3) is 3.35. The molecule has 2 heterocycles. The molecule has 0 saturated heterocycles. The Hall–Kier alpha value is -2.67. The van der Waals surface area contributed by atoms with E-state index in [4.69, 9.17) is 10.5 Å². The predicted octanol–water partition coefficient (Wildman–Crippen LogP) is 2.85.